The fourth-order valence-corrected chi connectivity index (χ4v) is 1.90. The summed E-state index contributed by atoms with van der Waals surface area (Å²) in [5, 5.41) is 2.79. The van der Waals surface area contributed by atoms with Gasteiger partial charge in [0.05, 0.1) is 6.42 Å². The van der Waals surface area contributed by atoms with Crippen molar-refractivity contribution < 1.29 is 18.3 Å². The Bertz CT molecular complexity index is 612. The molecule has 0 aliphatic carbocycles. The minimum atomic E-state index is -2.85. The monoisotopic (exact) mass is 291 g/mol. The number of anilines is 1. The van der Waals surface area contributed by atoms with Gasteiger partial charge in [-0.15, -0.1) is 0 Å². The molecule has 0 aliphatic heterocycles. The fourth-order valence-electron chi connectivity index (χ4n) is 1.90. The highest BCUT2D eigenvalue weighted by molar-refractivity contribution is 5.92. The number of aryl methyl sites for hydroxylation is 1. The minimum Gasteiger partial charge on any atom is -0.435 e. The number of ether oxygens (including phenoxy) is 1. The first-order chi connectivity index (χ1) is 10.0. The van der Waals surface area contributed by atoms with Crippen molar-refractivity contribution in [2.45, 2.75) is 20.0 Å². The first-order valence-corrected chi connectivity index (χ1v) is 6.43. The third-order valence-corrected chi connectivity index (χ3v) is 2.82. The molecule has 2 aromatic rings. The van der Waals surface area contributed by atoms with Crippen molar-refractivity contribution in [2.24, 2.45) is 0 Å². The van der Waals surface area contributed by atoms with E-state index in [9.17, 15) is 13.6 Å². The third kappa shape index (κ3) is 4.87. The highest BCUT2D eigenvalue weighted by Crippen LogP contribution is 2.16. The first kappa shape index (κ1) is 15.0. The van der Waals surface area contributed by atoms with Gasteiger partial charge < -0.3 is 10.1 Å². The summed E-state index contributed by atoms with van der Waals surface area (Å²) < 4.78 is 28.3. The highest BCUT2D eigenvalue weighted by Gasteiger charge is 2.07. The zero-order chi connectivity index (χ0) is 15.2. The predicted molar refractivity (Wildman–Crippen MR) is 76.6 cm³/mol. The maximum atomic E-state index is 12.0. The normalized spacial score (nSPS) is 10.5. The molecule has 1 N–H and O–H groups in total. The van der Waals surface area contributed by atoms with Crippen LogP contribution in [0.15, 0.2) is 48.5 Å². The van der Waals surface area contributed by atoms with Gasteiger partial charge in [0, 0.05) is 5.69 Å². The van der Waals surface area contributed by atoms with Crippen molar-refractivity contribution in [2.75, 3.05) is 5.32 Å². The average Bonchev–Trinajstić information content (AvgIpc) is 2.40. The topological polar surface area (TPSA) is 38.3 Å². The van der Waals surface area contributed by atoms with Gasteiger partial charge in [0.1, 0.15) is 5.75 Å². The molecule has 2 rings (SSSR count). The molecule has 0 saturated carbocycles. The van der Waals surface area contributed by atoms with E-state index in [1.807, 2.05) is 31.2 Å². The second-order valence-electron chi connectivity index (χ2n) is 4.62. The van der Waals surface area contributed by atoms with Crippen LogP contribution in [0.1, 0.15) is 11.1 Å². The molecule has 0 heterocycles. The molecule has 0 radical (unpaired) electrons. The van der Waals surface area contributed by atoms with E-state index in [-0.39, 0.29) is 18.1 Å². The summed E-state index contributed by atoms with van der Waals surface area (Å²) in [6.07, 6.45) is 0.170. The highest BCUT2D eigenvalue weighted by atomic mass is 19.3. The van der Waals surface area contributed by atoms with Crippen LogP contribution in [0.2, 0.25) is 0 Å². The minimum absolute atomic E-state index is 0.0767. The fraction of sp³-hybridized carbons (Fsp3) is 0.188. The number of carbonyl (C=O) groups excluding carboxylic acids is 1. The quantitative estimate of drug-likeness (QED) is 0.910. The van der Waals surface area contributed by atoms with Crippen LogP contribution in [0.3, 0.4) is 0 Å². The molecule has 0 aromatic heterocycles. The summed E-state index contributed by atoms with van der Waals surface area (Å²) in [5.41, 5.74) is 2.51. The van der Waals surface area contributed by atoms with Crippen LogP contribution in [-0.4, -0.2) is 12.5 Å². The van der Waals surface area contributed by atoms with Gasteiger partial charge in [-0.05, 0) is 42.3 Å². The summed E-state index contributed by atoms with van der Waals surface area (Å²) in [6.45, 7) is -0.905. The lowest BCUT2D eigenvalue weighted by molar-refractivity contribution is -0.115. The van der Waals surface area contributed by atoms with Crippen molar-refractivity contribution in [3.05, 3.63) is 59.7 Å². The van der Waals surface area contributed by atoms with Crippen LogP contribution in [0, 0.1) is 6.92 Å². The van der Waals surface area contributed by atoms with Gasteiger partial charge in [0.15, 0.2) is 0 Å². The molecule has 3 nitrogen and oxygen atoms in total. The summed E-state index contributed by atoms with van der Waals surface area (Å²) in [7, 11) is 0. The van der Waals surface area contributed by atoms with Gasteiger partial charge in [0.25, 0.3) is 0 Å². The zero-order valence-corrected chi connectivity index (χ0v) is 11.5. The summed E-state index contributed by atoms with van der Waals surface area (Å²) in [5.74, 6) is -0.0871. The number of hydrogen-bond donors (Lipinski definition) is 1. The summed E-state index contributed by atoms with van der Waals surface area (Å²) >= 11 is 0. The van der Waals surface area contributed by atoms with Crippen molar-refractivity contribution in [1.82, 2.24) is 0 Å². The Morgan fingerprint density at radius 1 is 1.19 bits per heavy atom. The maximum absolute atomic E-state index is 12.0. The number of hydrogen-bond acceptors (Lipinski definition) is 2. The Morgan fingerprint density at radius 3 is 2.52 bits per heavy atom. The van der Waals surface area contributed by atoms with Crippen LogP contribution in [0.25, 0.3) is 0 Å². The van der Waals surface area contributed by atoms with E-state index in [1.54, 1.807) is 12.1 Å². The predicted octanol–water partition coefficient (Wildman–Crippen LogP) is 3.78. The summed E-state index contributed by atoms with van der Waals surface area (Å²) in [4.78, 5) is 11.9. The van der Waals surface area contributed by atoms with Gasteiger partial charge in [-0.3, -0.25) is 4.79 Å². The van der Waals surface area contributed by atoms with Gasteiger partial charge in [-0.2, -0.15) is 8.78 Å². The Labute approximate surface area is 121 Å². The third-order valence-electron chi connectivity index (χ3n) is 2.82. The molecule has 2 aromatic carbocycles. The molecule has 0 atom stereocenters. The molecule has 110 valence electrons. The van der Waals surface area contributed by atoms with Gasteiger partial charge >= 0.3 is 6.61 Å². The van der Waals surface area contributed by atoms with Crippen molar-refractivity contribution in [3.63, 3.8) is 0 Å². The van der Waals surface area contributed by atoms with E-state index in [0.717, 1.165) is 16.8 Å². The molecule has 0 unspecified atom stereocenters. The molecule has 0 aliphatic rings. The number of amides is 1. The lowest BCUT2D eigenvalue weighted by Gasteiger charge is -2.07. The smallest absolute Gasteiger partial charge is 0.387 e. The van der Waals surface area contributed by atoms with Gasteiger partial charge in [-0.1, -0.05) is 24.3 Å². The average molecular weight is 291 g/mol. The molecular weight excluding hydrogens is 276 g/mol. The second kappa shape index (κ2) is 6.83. The van der Waals surface area contributed by atoms with E-state index in [4.69, 9.17) is 0 Å². The standard InChI is InChI=1S/C16H15F2NO2/c1-11-3-2-4-13(9-11)19-15(20)10-12-5-7-14(8-6-12)21-16(17)18/h2-9,16H,10H2,1H3,(H,19,20). The van der Waals surface area contributed by atoms with E-state index in [1.165, 1.54) is 12.1 Å². The number of nitrogens with one attached hydrogen (secondary N) is 1. The van der Waals surface area contributed by atoms with Crippen LogP contribution in [-0.2, 0) is 11.2 Å². The summed E-state index contributed by atoms with van der Waals surface area (Å²) in [6, 6.07) is 13.5. The molecule has 5 heteroatoms. The Balaban J connectivity index is 1.93. The van der Waals surface area contributed by atoms with Crippen LogP contribution in [0.4, 0.5) is 14.5 Å². The largest absolute Gasteiger partial charge is 0.435 e. The van der Waals surface area contributed by atoms with Crippen LogP contribution >= 0.6 is 0 Å². The van der Waals surface area contributed by atoms with E-state index >= 15 is 0 Å². The molecule has 21 heavy (non-hydrogen) atoms. The Morgan fingerprint density at radius 2 is 1.90 bits per heavy atom. The molecule has 0 saturated heterocycles. The van der Waals surface area contributed by atoms with E-state index < -0.39 is 6.61 Å². The lowest BCUT2D eigenvalue weighted by atomic mass is 10.1. The molecule has 0 fully saturated rings. The number of halogens is 2. The van der Waals surface area contributed by atoms with Crippen molar-refractivity contribution >= 4 is 11.6 Å². The van der Waals surface area contributed by atoms with Crippen LogP contribution < -0.4 is 10.1 Å². The molecular formula is C16H15F2NO2. The first-order valence-electron chi connectivity index (χ1n) is 6.43. The maximum Gasteiger partial charge on any atom is 0.387 e. The van der Waals surface area contributed by atoms with E-state index in [0.29, 0.717) is 0 Å². The van der Waals surface area contributed by atoms with Gasteiger partial charge in [-0.25, -0.2) is 0 Å². The number of alkyl halides is 2. The SMILES string of the molecule is Cc1cccc(NC(=O)Cc2ccc(OC(F)F)cc2)c1. The second-order valence-corrected chi connectivity index (χ2v) is 4.62. The molecule has 0 spiro atoms. The van der Waals surface area contributed by atoms with E-state index in [2.05, 4.69) is 10.1 Å². The Kier molecular flexibility index (Phi) is 4.87. The Hall–Kier alpha value is -2.43. The molecule has 1 amide bonds. The van der Waals surface area contributed by atoms with Crippen molar-refractivity contribution in [1.29, 1.82) is 0 Å². The lowest BCUT2D eigenvalue weighted by Crippen LogP contribution is -2.14. The number of benzene rings is 2. The van der Waals surface area contributed by atoms with Crippen LogP contribution in [0.5, 0.6) is 5.75 Å². The zero-order valence-electron chi connectivity index (χ0n) is 11.5. The number of rotatable bonds is 5. The van der Waals surface area contributed by atoms with Gasteiger partial charge in [0.2, 0.25) is 5.91 Å². The molecule has 0 bridgehead atoms. The number of carbonyl (C=O) groups is 1. The van der Waals surface area contributed by atoms with Crippen molar-refractivity contribution in [3.8, 4) is 5.75 Å².